The minimum Gasteiger partial charge on any atom is -0.342 e. The zero-order valence-corrected chi connectivity index (χ0v) is 16.1. The maximum absolute atomic E-state index is 12.7. The predicted molar refractivity (Wildman–Crippen MR) is 98.1 cm³/mol. The summed E-state index contributed by atoms with van der Waals surface area (Å²) < 4.78 is 5.67. The first-order valence-corrected chi connectivity index (χ1v) is 9.46. The summed E-state index contributed by atoms with van der Waals surface area (Å²) in [6, 6.07) is 0. The van der Waals surface area contributed by atoms with E-state index in [0.717, 1.165) is 31.0 Å². The molecule has 4 rings (SSSR count). The first kappa shape index (κ1) is 18.3. The van der Waals surface area contributed by atoms with Gasteiger partial charge in [-0.2, -0.15) is 0 Å². The second-order valence-electron chi connectivity index (χ2n) is 7.15. The van der Waals surface area contributed by atoms with Crippen molar-refractivity contribution in [1.29, 1.82) is 0 Å². The molecule has 11 nitrogen and oxygen atoms in total. The van der Waals surface area contributed by atoms with Gasteiger partial charge in [-0.3, -0.25) is 4.79 Å². The van der Waals surface area contributed by atoms with Crippen LogP contribution in [0.3, 0.4) is 0 Å². The van der Waals surface area contributed by atoms with E-state index in [1.165, 1.54) is 0 Å². The molecule has 0 N–H and O–H groups in total. The lowest BCUT2D eigenvalue weighted by Crippen LogP contribution is -2.40. The number of nitrogens with zero attached hydrogens (tertiary/aromatic N) is 10. The van der Waals surface area contributed by atoms with Gasteiger partial charge in [0.1, 0.15) is 11.6 Å². The van der Waals surface area contributed by atoms with Gasteiger partial charge < -0.3 is 14.0 Å². The van der Waals surface area contributed by atoms with Crippen molar-refractivity contribution >= 4 is 5.91 Å². The summed E-state index contributed by atoms with van der Waals surface area (Å²) in [5.41, 5.74) is 0. The summed E-state index contributed by atoms with van der Waals surface area (Å²) in [5, 5.41) is 20.1. The maximum Gasteiger partial charge on any atom is 0.224 e. The van der Waals surface area contributed by atoms with Gasteiger partial charge in [-0.25, -0.2) is 9.67 Å². The molecule has 1 atom stereocenters. The highest BCUT2D eigenvalue weighted by atomic mass is 16.2. The summed E-state index contributed by atoms with van der Waals surface area (Å²) >= 11 is 0. The molecule has 1 aliphatic rings. The third kappa shape index (κ3) is 3.78. The molecule has 3 aromatic heterocycles. The average Bonchev–Trinajstić information content (AvgIpc) is 3.44. The molecule has 4 heterocycles. The Hall–Kier alpha value is -3.11. The van der Waals surface area contributed by atoms with E-state index in [1.54, 1.807) is 17.2 Å². The zero-order chi connectivity index (χ0) is 19.5. The van der Waals surface area contributed by atoms with Crippen LogP contribution in [-0.4, -0.2) is 68.4 Å². The first-order valence-electron chi connectivity index (χ1n) is 9.46. The number of hydrogen-bond acceptors (Lipinski definition) is 7. The minimum absolute atomic E-state index is 0.125. The number of amides is 1. The largest absolute Gasteiger partial charge is 0.342 e. The van der Waals surface area contributed by atoms with Crippen molar-refractivity contribution < 1.29 is 4.79 Å². The van der Waals surface area contributed by atoms with Crippen molar-refractivity contribution in [2.45, 2.75) is 45.2 Å². The molecule has 0 aliphatic carbocycles. The lowest BCUT2D eigenvalue weighted by molar-refractivity contribution is -0.132. The van der Waals surface area contributed by atoms with E-state index in [2.05, 4.69) is 30.7 Å². The number of imidazole rings is 1. The molecule has 0 spiro atoms. The van der Waals surface area contributed by atoms with Gasteiger partial charge in [0, 0.05) is 44.9 Å². The Balaban J connectivity index is 1.39. The molecule has 0 saturated carbocycles. The number of piperidine rings is 1. The summed E-state index contributed by atoms with van der Waals surface area (Å²) in [6.45, 7) is 4.41. The molecule has 0 bridgehead atoms. The number of rotatable bonds is 6. The van der Waals surface area contributed by atoms with E-state index in [-0.39, 0.29) is 11.8 Å². The lowest BCUT2D eigenvalue weighted by Gasteiger charge is -2.32. The van der Waals surface area contributed by atoms with Crippen LogP contribution < -0.4 is 0 Å². The highest BCUT2D eigenvalue weighted by Crippen LogP contribution is 2.26. The highest BCUT2D eigenvalue weighted by Gasteiger charge is 2.28. The molecule has 0 aromatic carbocycles. The number of carbonyl (C=O) groups excluding carboxylic acids is 1. The van der Waals surface area contributed by atoms with E-state index in [1.807, 2.05) is 34.2 Å². The van der Waals surface area contributed by atoms with Crippen LogP contribution in [0.25, 0.3) is 0 Å². The van der Waals surface area contributed by atoms with Gasteiger partial charge in [-0.1, -0.05) is 0 Å². The SMILES string of the molecule is Cc1nnnn1CCC(=O)N1CCC[C@H](c2nnc(Cn3ccnc3)n2C)C1. The molecular formula is C17H24N10O. The smallest absolute Gasteiger partial charge is 0.224 e. The molecule has 1 fully saturated rings. The lowest BCUT2D eigenvalue weighted by atomic mass is 9.97. The zero-order valence-electron chi connectivity index (χ0n) is 16.1. The number of carbonyl (C=O) groups is 1. The Morgan fingerprint density at radius 2 is 2.18 bits per heavy atom. The summed E-state index contributed by atoms with van der Waals surface area (Å²) in [5.74, 6) is 2.85. The van der Waals surface area contributed by atoms with Gasteiger partial charge in [-0.05, 0) is 30.2 Å². The second kappa shape index (κ2) is 7.87. The van der Waals surface area contributed by atoms with Crippen molar-refractivity contribution in [2.75, 3.05) is 13.1 Å². The summed E-state index contributed by atoms with van der Waals surface area (Å²) in [4.78, 5) is 18.7. The van der Waals surface area contributed by atoms with Gasteiger partial charge in [0.05, 0.1) is 19.4 Å². The van der Waals surface area contributed by atoms with Crippen molar-refractivity contribution in [1.82, 2.24) is 49.4 Å². The molecule has 0 unspecified atom stereocenters. The normalized spacial score (nSPS) is 17.2. The second-order valence-corrected chi connectivity index (χ2v) is 7.15. The monoisotopic (exact) mass is 384 g/mol. The van der Waals surface area contributed by atoms with Crippen LogP contribution in [0.5, 0.6) is 0 Å². The van der Waals surface area contributed by atoms with E-state index in [4.69, 9.17) is 0 Å². The Morgan fingerprint density at radius 1 is 1.29 bits per heavy atom. The number of aryl methyl sites for hydroxylation is 2. The van der Waals surface area contributed by atoms with Crippen LogP contribution >= 0.6 is 0 Å². The third-order valence-corrected chi connectivity index (χ3v) is 5.27. The molecular weight excluding hydrogens is 360 g/mol. The fraction of sp³-hybridized carbons (Fsp3) is 0.588. The molecule has 28 heavy (non-hydrogen) atoms. The molecule has 148 valence electrons. The minimum atomic E-state index is 0.125. The van der Waals surface area contributed by atoms with E-state index >= 15 is 0 Å². The molecule has 1 saturated heterocycles. The quantitative estimate of drug-likeness (QED) is 0.594. The van der Waals surface area contributed by atoms with Crippen LogP contribution in [-0.2, 0) is 24.9 Å². The number of tetrazole rings is 1. The van der Waals surface area contributed by atoms with Gasteiger partial charge in [-0.15, -0.1) is 15.3 Å². The van der Waals surface area contributed by atoms with Gasteiger partial charge in [0.25, 0.3) is 0 Å². The molecule has 0 radical (unpaired) electrons. The summed E-state index contributed by atoms with van der Waals surface area (Å²) in [6.07, 6.45) is 7.78. The molecule has 3 aromatic rings. The average molecular weight is 384 g/mol. The van der Waals surface area contributed by atoms with E-state index < -0.39 is 0 Å². The Labute approximate surface area is 162 Å². The molecule has 1 aliphatic heterocycles. The van der Waals surface area contributed by atoms with Gasteiger partial charge >= 0.3 is 0 Å². The predicted octanol–water partition coefficient (Wildman–Crippen LogP) is 0.151. The van der Waals surface area contributed by atoms with E-state index in [0.29, 0.717) is 31.9 Å². The number of aromatic nitrogens is 9. The number of likely N-dealkylation sites (tertiary alicyclic amines) is 1. The van der Waals surface area contributed by atoms with Crippen molar-refractivity contribution in [3.63, 3.8) is 0 Å². The van der Waals surface area contributed by atoms with Crippen molar-refractivity contribution in [3.05, 3.63) is 36.2 Å². The number of hydrogen-bond donors (Lipinski definition) is 0. The fourth-order valence-electron chi connectivity index (χ4n) is 3.64. The summed E-state index contributed by atoms with van der Waals surface area (Å²) in [7, 11) is 1.99. The van der Waals surface area contributed by atoms with Crippen LogP contribution in [0.2, 0.25) is 0 Å². The van der Waals surface area contributed by atoms with Gasteiger partial charge in [0.2, 0.25) is 5.91 Å². The van der Waals surface area contributed by atoms with Crippen molar-refractivity contribution in [3.8, 4) is 0 Å². The maximum atomic E-state index is 12.7. The van der Waals surface area contributed by atoms with Gasteiger partial charge in [0.15, 0.2) is 5.82 Å². The fourth-order valence-corrected chi connectivity index (χ4v) is 3.64. The molecule has 11 heteroatoms. The van der Waals surface area contributed by atoms with Crippen LogP contribution in [0.15, 0.2) is 18.7 Å². The third-order valence-electron chi connectivity index (χ3n) is 5.27. The first-order chi connectivity index (χ1) is 13.6. The Morgan fingerprint density at radius 3 is 2.93 bits per heavy atom. The van der Waals surface area contributed by atoms with Crippen LogP contribution in [0.4, 0.5) is 0 Å². The molecule has 1 amide bonds. The standard InChI is InChI=1S/C17H24N10O/c1-13-19-22-23-27(13)8-5-16(28)26-7-3-4-14(10-26)17-21-20-15(24(17)2)11-25-9-6-18-12-25/h6,9,12,14H,3-5,7-8,10-11H2,1-2H3/t14-/m0/s1. The highest BCUT2D eigenvalue weighted by molar-refractivity contribution is 5.76. The van der Waals surface area contributed by atoms with Crippen LogP contribution in [0, 0.1) is 6.92 Å². The Kier molecular flexibility index (Phi) is 5.13. The Bertz CT molecular complexity index is 928. The topological polar surface area (TPSA) is 112 Å². The van der Waals surface area contributed by atoms with E-state index in [9.17, 15) is 4.79 Å². The van der Waals surface area contributed by atoms with Crippen LogP contribution in [0.1, 0.15) is 42.7 Å². The van der Waals surface area contributed by atoms with Crippen molar-refractivity contribution in [2.24, 2.45) is 7.05 Å².